The van der Waals surface area contributed by atoms with Gasteiger partial charge in [0.15, 0.2) is 11.2 Å². The van der Waals surface area contributed by atoms with E-state index < -0.39 is 11.2 Å². The zero-order valence-corrected chi connectivity index (χ0v) is 14.1. The van der Waals surface area contributed by atoms with Crippen LogP contribution in [0.15, 0.2) is 15.8 Å². The van der Waals surface area contributed by atoms with Crippen molar-refractivity contribution in [2.45, 2.75) is 26.5 Å². The lowest BCUT2D eigenvalue weighted by atomic mass is 10.4. The molecule has 0 aliphatic rings. The van der Waals surface area contributed by atoms with E-state index in [1.165, 1.54) is 23.0 Å². The van der Waals surface area contributed by atoms with E-state index in [1.54, 1.807) is 6.20 Å². The molecule has 0 unspecified atom stereocenters. The molecule has 2 N–H and O–H groups in total. The third-order valence-electron chi connectivity index (χ3n) is 3.50. The quantitative estimate of drug-likeness (QED) is 0.653. The molecule has 0 aliphatic heterocycles. The second-order valence-electron chi connectivity index (χ2n) is 5.27. The number of aromatic amines is 1. The van der Waals surface area contributed by atoms with Crippen LogP contribution in [0.1, 0.15) is 16.3 Å². The highest BCUT2D eigenvalue weighted by Gasteiger charge is 2.16. The maximum absolute atomic E-state index is 12.4. The minimum atomic E-state index is -0.478. The highest BCUT2D eigenvalue weighted by atomic mass is 32.1. The van der Waals surface area contributed by atoms with Gasteiger partial charge in [-0.15, -0.1) is 11.3 Å². The fourth-order valence-electron chi connectivity index (χ4n) is 2.32. The largest absolute Gasteiger partial charge is 0.457 e. The van der Waals surface area contributed by atoms with Gasteiger partial charge in [-0.25, -0.2) is 9.78 Å². The van der Waals surface area contributed by atoms with Crippen molar-refractivity contribution in [3.63, 3.8) is 0 Å². The normalized spacial score (nSPS) is 11.3. The first-order chi connectivity index (χ1) is 11.5. The molecule has 0 spiro atoms. The number of fused-ring (bicyclic) bond motifs is 1. The summed E-state index contributed by atoms with van der Waals surface area (Å²) >= 11 is 1.51. The van der Waals surface area contributed by atoms with Crippen molar-refractivity contribution in [3.05, 3.63) is 36.9 Å². The Bertz CT molecular complexity index is 983. The number of aromatic nitrogens is 5. The Kier molecular flexibility index (Phi) is 4.49. The summed E-state index contributed by atoms with van der Waals surface area (Å²) in [7, 11) is 1.54. The van der Waals surface area contributed by atoms with Crippen LogP contribution < -0.4 is 16.0 Å². The number of aliphatic hydroxyl groups is 1. The molecule has 3 heterocycles. The molecule has 128 valence electrons. The zero-order chi connectivity index (χ0) is 17.3. The lowest BCUT2D eigenvalue weighted by molar-refractivity contribution is 0.277. The maximum Gasteiger partial charge on any atom is 0.332 e. The topological polar surface area (TPSA) is 115 Å². The molecule has 3 aromatic heterocycles. The molecule has 0 bridgehead atoms. The lowest BCUT2D eigenvalue weighted by Gasteiger charge is -2.06. The summed E-state index contributed by atoms with van der Waals surface area (Å²) in [5.41, 5.74) is -0.528. The molecule has 3 aromatic rings. The second kappa shape index (κ2) is 6.57. The molecule has 9 nitrogen and oxygen atoms in total. The van der Waals surface area contributed by atoms with Crippen molar-refractivity contribution >= 4 is 22.5 Å². The summed E-state index contributed by atoms with van der Waals surface area (Å²) in [6, 6.07) is 0.157. The van der Waals surface area contributed by atoms with E-state index in [0.29, 0.717) is 6.42 Å². The number of imidazole rings is 1. The van der Waals surface area contributed by atoms with Gasteiger partial charge in [-0.05, 0) is 13.3 Å². The number of thiazole rings is 1. The van der Waals surface area contributed by atoms with Gasteiger partial charge < -0.3 is 14.8 Å². The lowest BCUT2D eigenvalue weighted by Crippen LogP contribution is -2.39. The standard InChI is InChI=1S/C14H17N5O4S/c1-8-6-15-9(24-8)7-23-13-16-10-11(17-13)18(2)14(22)19(12(10)21)4-3-5-20/h6,20H,3-5,7H2,1-2H3,(H,16,17). The molecule has 0 aliphatic carbocycles. The fourth-order valence-corrected chi connectivity index (χ4v) is 3.02. The number of rotatable bonds is 6. The molecule has 0 saturated carbocycles. The van der Waals surface area contributed by atoms with Crippen LogP contribution in [0, 0.1) is 6.92 Å². The van der Waals surface area contributed by atoms with Crippen molar-refractivity contribution in [2.75, 3.05) is 6.61 Å². The van der Waals surface area contributed by atoms with E-state index >= 15 is 0 Å². The number of hydrogen-bond donors (Lipinski definition) is 2. The van der Waals surface area contributed by atoms with Crippen molar-refractivity contribution in [3.8, 4) is 6.01 Å². The smallest absolute Gasteiger partial charge is 0.332 e. The van der Waals surface area contributed by atoms with Gasteiger partial charge in [0, 0.05) is 31.3 Å². The fraction of sp³-hybridized carbons (Fsp3) is 0.429. The summed E-state index contributed by atoms with van der Waals surface area (Å²) in [6.07, 6.45) is 2.08. The Hall–Kier alpha value is -2.46. The molecule has 0 saturated heterocycles. The first-order valence-corrected chi connectivity index (χ1v) is 8.17. The van der Waals surface area contributed by atoms with Gasteiger partial charge in [0.05, 0.1) is 0 Å². The van der Waals surface area contributed by atoms with Crippen LogP contribution in [0.4, 0.5) is 0 Å². The highest BCUT2D eigenvalue weighted by Crippen LogP contribution is 2.15. The molecular weight excluding hydrogens is 334 g/mol. The molecule has 0 radical (unpaired) electrons. The Morgan fingerprint density at radius 3 is 2.88 bits per heavy atom. The zero-order valence-electron chi connectivity index (χ0n) is 13.3. The minimum absolute atomic E-state index is 0.0990. The van der Waals surface area contributed by atoms with Crippen molar-refractivity contribution in [2.24, 2.45) is 7.05 Å². The summed E-state index contributed by atoms with van der Waals surface area (Å²) < 4.78 is 7.90. The molecule has 0 amide bonds. The Labute approximate surface area is 140 Å². The highest BCUT2D eigenvalue weighted by molar-refractivity contribution is 7.11. The van der Waals surface area contributed by atoms with E-state index in [4.69, 9.17) is 9.84 Å². The number of nitrogens with one attached hydrogen (secondary N) is 1. The van der Waals surface area contributed by atoms with E-state index in [0.717, 1.165) is 14.5 Å². The summed E-state index contributed by atoms with van der Waals surface area (Å²) in [5, 5.41) is 9.70. The average Bonchev–Trinajstić information content (AvgIpc) is 3.17. The van der Waals surface area contributed by atoms with Crippen LogP contribution >= 0.6 is 11.3 Å². The first kappa shape index (κ1) is 16.4. The summed E-state index contributed by atoms with van der Waals surface area (Å²) in [4.78, 5) is 36.9. The molecule has 0 aromatic carbocycles. The molecule has 3 rings (SSSR count). The number of aliphatic hydroxyl groups excluding tert-OH is 1. The minimum Gasteiger partial charge on any atom is -0.457 e. The third-order valence-corrected chi connectivity index (χ3v) is 4.39. The predicted octanol–water partition coefficient (Wildman–Crippen LogP) is 0.150. The van der Waals surface area contributed by atoms with Crippen LogP contribution in [0.5, 0.6) is 6.01 Å². The van der Waals surface area contributed by atoms with E-state index in [2.05, 4.69) is 15.0 Å². The molecule has 10 heteroatoms. The van der Waals surface area contributed by atoms with Crippen LogP contribution in [0.25, 0.3) is 11.2 Å². The average molecular weight is 351 g/mol. The number of aryl methyl sites for hydroxylation is 2. The van der Waals surface area contributed by atoms with E-state index in [9.17, 15) is 9.59 Å². The Balaban J connectivity index is 1.95. The van der Waals surface area contributed by atoms with Gasteiger partial charge in [0.25, 0.3) is 11.6 Å². The van der Waals surface area contributed by atoms with Gasteiger partial charge in [-0.1, -0.05) is 0 Å². The molecule has 24 heavy (non-hydrogen) atoms. The summed E-state index contributed by atoms with van der Waals surface area (Å²) in [6.45, 7) is 2.22. The molecule has 0 atom stereocenters. The van der Waals surface area contributed by atoms with Crippen LogP contribution in [0.3, 0.4) is 0 Å². The Morgan fingerprint density at radius 2 is 2.21 bits per heavy atom. The van der Waals surface area contributed by atoms with E-state index in [-0.39, 0.29) is 36.9 Å². The van der Waals surface area contributed by atoms with Crippen LogP contribution in [-0.2, 0) is 20.2 Å². The maximum atomic E-state index is 12.4. The third kappa shape index (κ3) is 2.97. The van der Waals surface area contributed by atoms with Gasteiger partial charge in [0.2, 0.25) is 0 Å². The van der Waals surface area contributed by atoms with Gasteiger partial charge >= 0.3 is 5.69 Å². The predicted molar refractivity (Wildman–Crippen MR) is 88.5 cm³/mol. The Morgan fingerprint density at radius 1 is 1.42 bits per heavy atom. The molecule has 0 fully saturated rings. The van der Waals surface area contributed by atoms with Crippen LogP contribution in [-0.4, -0.2) is 35.8 Å². The number of nitrogens with zero attached hydrogens (tertiary/aromatic N) is 4. The number of ether oxygens (including phenoxy) is 1. The number of H-pyrrole nitrogens is 1. The van der Waals surface area contributed by atoms with Crippen LogP contribution in [0.2, 0.25) is 0 Å². The SMILES string of the molecule is Cc1cnc(COc2nc3c([nH]2)c(=O)n(CCCO)c(=O)n3C)s1. The van der Waals surface area contributed by atoms with E-state index in [1.807, 2.05) is 6.92 Å². The van der Waals surface area contributed by atoms with Gasteiger partial charge in [-0.2, -0.15) is 4.98 Å². The molecular formula is C14H17N5O4S. The van der Waals surface area contributed by atoms with Crippen molar-refractivity contribution < 1.29 is 9.84 Å². The first-order valence-electron chi connectivity index (χ1n) is 7.35. The summed E-state index contributed by atoms with van der Waals surface area (Å²) in [5.74, 6) is 0. The second-order valence-corrected chi connectivity index (χ2v) is 6.59. The van der Waals surface area contributed by atoms with Gasteiger partial charge in [0.1, 0.15) is 11.6 Å². The van der Waals surface area contributed by atoms with Gasteiger partial charge in [-0.3, -0.25) is 13.9 Å². The monoisotopic (exact) mass is 351 g/mol. The number of hydrogen-bond acceptors (Lipinski definition) is 7. The van der Waals surface area contributed by atoms with Crippen molar-refractivity contribution in [1.29, 1.82) is 0 Å². The van der Waals surface area contributed by atoms with Crippen molar-refractivity contribution in [1.82, 2.24) is 24.1 Å².